The highest BCUT2D eigenvalue weighted by Gasteiger charge is 2.19. The molecular formula is C22H19ClN4O2S2. The maximum Gasteiger partial charge on any atom is 0.237 e. The van der Waals surface area contributed by atoms with Crippen molar-refractivity contribution in [1.29, 1.82) is 0 Å². The second kappa shape index (κ2) is 10.00. The van der Waals surface area contributed by atoms with E-state index < -0.39 is 0 Å². The predicted molar refractivity (Wildman–Crippen MR) is 126 cm³/mol. The first-order chi connectivity index (χ1) is 15.1. The van der Waals surface area contributed by atoms with Crippen LogP contribution < -0.4 is 9.64 Å². The van der Waals surface area contributed by atoms with E-state index >= 15 is 0 Å². The first kappa shape index (κ1) is 21.4. The van der Waals surface area contributed by atoms with E-state index in [4.69, 9.17) is 16.3 Å². The number of thiophene rings is 1. The lowest BCUT2D eigenvalue weighted by Gasteiger charge is -2.22. The molecule has 0 unspecified atom stereocenters. The third kappa shape index (κ3) is 5.28. The van der Waals surface area contributed by atoms with Gasteiger partial charge in [-0.25, -0.2) is 0 Å². The van der Waals surface area contributed by atoms with E-state index in [0.29, 0.717) is 16.7 Å². The summed E-state index contributed by atoms with van der Waals surface area (Å²) >= 11 is 9.07. The molecule has 6 nitrogen and oxygen atoms in total. The summed E-state index contributed by atoms with van der Waals surface area (Å²) in [6.45, 7) is 0.504. The number of nitrogens with zero attached hydrogens (tertiary/aromatic N) is 4. The van der Waals surface area contributed by atoms with Crippen LogP contribution in [0.4, 0.5) is 5.69 Å². The second-order valence-electron chi connectivity index (χ2n) is 6.51. The van der Waals surface area contributed by atoms with E-state index in [2.05, 4.69) is 10.2 Å². The number of hydrogen-bond acceptors (Lipinski definition) is 6. The molecule has 4 aromatic rings. The Morgan fingerprint density at radius 1 is 1.19 bits per heavy atom. The smallest absolute Gasteiger partial charge is 0.237 e. The monoisotopic (exact) mass is 470 g/mol. The number of thioether (sulfide) groups is 1. The number of carbonyl (C=O) groups excluding carboxylic acids is 1. The molecule has 0 fully saturated rings. The van der Waals surface area contributed by atoms with Crippen LogP contribution in [-0.4, -0.2) is 33.5 Å². The van der Waals surface area contributed by atoms with Gasteiger partial charge >= 0.3 is 0 Å². The van der Waals surface area contributed by atoms with Gasteiger partial charge in [-0.1, -0.05) is 35.5 Å². The van der Waals surface area contributed by atoms with Crippen LogP contribution >= 0.6 is 34.7 Å². The molecule has 0 aliphatic heterocycles. The van der Waals surface area contributed by atoms with E-state index in [1.165, 1.54) is 11.8 Å². The summed E-state index contributed by atoms with van der Waals surface area (Å²) in [6.07, 6.45) is 1.62. The number of amides is 1. The van der Waals surface area contributed by atoms with Gasteiger partial charge in [0.15, 0.2) is 5.16 Å². The Morgan fingerprint density at radius 2 is 2.03 bits per heavy atom. The number of anilines is 1. The number of benzene rings is 2. The fourth-order valence-electron chi connectivity index (χ4n) is 2.97. The van der Waals surface area contributed by atoms with Crippen LogP contribution in [0.5, 0.6) is 5.75 Å². The summed E-state index contributed by atoms with van der Waals surface area (Å²) in [5.74, 6) is 0.942. The summed E-state index contributed by atoms with van der Waals surface area (Å²) in [7, 11) is 1.62. The Morgan fingerprint density at radius 3 is 2.74 bits per heavy atom. The zero-order valence-corrected chi connectivity index (χ0v) is 19.0. The van der Waals surface area contributed by atoms with Crippen LogP contribution in [0.3, 0.4) is 0 Å². The first-order valence-electron chi connectivity index (χ1n) is 9.39. The van der Waals surface area contributed by atoms with E-state index in [1.807, 2.05) is 70.6 Å². The fraction of sp³-hybridized carbons (Fsp3) is 0.136. The Hall–Kier alpha value is -2.81. The van der Waals surface area contributed by atoms with Crippen molar-refractivity contribution in [3.63, 3.8) is 0 Å². The van der Waals surface area contributed by atoms with Gasteiger partial charge in [-0.05, 0) is 53.9 Å². The van der Waals surface area contributed by atoms with E-state index in [0.717, 1.165) is 22.0 Å². The van der Waals surface area contributed by atoms with E-state index in [9.17, 15) is 4.79 Å². The van der Waals surface area contributed by atoms with Gasteiger partial charge in [0, 0.05) is 15.6 Å². The average molecular weight is 471 g/mol. The summed E-state index contributed by atoms with van der Waals surface area (Å²) in [6, 6.07) is 18.9. The molecule has 4 rings (SSSR count). The Kier molecular flexibility index (Phi) is 6.91. The zero-order chi connectivity index (χ0) is 21.6. The van der Waals surface area contributed by atoms with Gasteiger partial charge in [0.05, 0.1) is 25.1 Å². The molecule has 2 aromatic heterocycles. The Balaban J connectivity index is 1.52. The van der Waals surface area contributed by atoms with Crippen molar-refractivity contribution in [1.82, 2.24) is 14.8 Å². The largest absolute Gasteiger partial charge is 0.497 e. The van der Waals surface area contributed by atoms with Crippen LogP contribution in [0, 0.1) is 0 Å². The summed E-state index contributed by atoms with van der Waals surface area (Å²) in [4.78, 5) is 16.1. The molecule has 9 heteroatoms. The van der Waals surface area contributed by atoms with Gasteiger partial charge < -0.3 is 9.64 Å². The highest BCUT2D eigenvalue weighted by molar-refractivity contribution is 7.99. The average Bonchev–Trinajstić information content (AvgIpc) is 3.48. The molecule has 0 radical (unpaired) electrons. The van der Waals surface area contributed by atoms with Gasteiger partial charge in [0.2, 0.25) is 5.91 Å². The van der Waals surface area contributed by atoms with Crippen LogP contribution in [0.2, 0.25) is 5.02 Å². The van der Waals surface area contributed by atoms with Crippen molar-refractivity contribution in [2.45, 2.75) is 11.7 Å². The molecule has 1 amide bonds. The van der Waals surface area contributed by atoms with Crippen molar-refractivity contribution in [3.05, 3.63) is 82.3 Å². The quantitative estimate of drug-likeness (QED) is 0.326. The second-order valence-corrected chi connectivity index (χ2v) is 8.92. The minimum Gasteiger partial charge on any atom is -0.497 e. The lowest BCUT2D eigenvalue weighted by Crippen LogP contribution is -2.31. The highest BCUT2D eigenvalue weighted by Crippen LogP contribution is 2.26. The maximum atomic E-state index is 13.2. The summed E-state index contributed by atoms with van der Waals surface area (Å²) < 4.78 is 7.06. The number of rotatable bonds is 8. The van der Waals surface area contributed by atoms with Gasteiger partial charge in [-0.2, -0.15) is 0 Å². The third-order valence-corrected chi connectivity index (χ3v) is 6.53. The molecule has 0 aliphatic carbocycles. The molecular weight excluding hydrogens is 452 g/mol. The van der Waals surface area contributed by atoms with Crippen molar-refractivity contribution in [3.8, 4) is 11.4 Å². The lowest BCUT2D eigenvalue weighted by molar-refractivity contribution is -0.116. The van der Waals surface area contributed by atoms with Gasteiger partial charge in [-0.3, -0.25) is 9.36 Å². The SMILES string of the molecule is COc1ccc(N(Cc2cccs2)C(=O)CSc2nncn2-c2cccc(Cl)c2)cc1. The number of hydrogen-bond donors (Lipinski definition) is 0. The highest BCUT2D eigenvalue weighted by atomic mass is 35.5. The Bertz CT molecular complexity index is 1150. The summed E-state index contributed by atoms with van der Waals surface area (Å²) in [5, 5.41) is 11.4. The number of ether oxygens (including phenoxy) is 1. The molecule has 0 saturated heterocycles. The van der Waals surface area contributed by atoms with Crippen LogP contribution in [-0.2, 0) is 11.3 Å². The molecule has 0 aliphatic rings. The standard InChI is InChI=1S/C22H19ClN4O2S2/c1-29-19-9-7-17(8-10-19)26(13-20-6-3-11-30-20)21(28)14-31-22-25-24-15-27(22)18-5-2-4-16(23)12-18/h2-12,15H,13-14H2,1H3. The number of halogens is 1. The Labute approximate surface area is 193 Å². The van der Waals surface area contributed by atoms with Gasteiger partial charge in [-0.15, -0.1) is 21.5 Å². The third-order valence-electron chi connectivity index (χ3n) is 4.51. The molecule has 158 valence electrons. The zero-order valence-electron chi connectivity index (χ0n) is 16.6. The van der Waals surface area contributed by atoms with Crippen molar-refractivity contribution >= 4 is 46.3 Å². The number of aromatic nitrogens is 3. The topological polar surface area (TPSA) is 60.2 Å². The minimum atomic E-state index is -0.0239. The van der Waals surface area contributed by atoms with Crippen molar-refractivity contribution in [2.75, 3.05) is 17.8 Å². The maximum absolute atomic E-state index is 13.2. The first-order valence-corrected chi connectivity index (χ1v) is 11.6. The number of methoxy groups -OCH3 is 1. The van der Waals surface area contributed by atoms with E-state index in [-0.39, 0.29) is 11.7 Å². The molecule has 2 heterocycles. The molecule has 0 bridgehead atoms. The van der Waals surface area contributed by atoms with E-state index in [1.54, 1.807) is 29.7 Å². The molecule has 0 N–H and O–H groups in total. The lowest BCUT2D eigenvalue weighted by atomic mass is 10.2. The molecule has 31 heavy (non-hydrogen) atoms. The summed E-state index contributed by atoms with van der Waals surface area (Å²) in [5.41, 5.74) is 1.66. The fourth-order valence-corrected chi connectivity index (χ4v) is 4.66. The minimum absolute atomic E-state index is 0.0239. The van der Waals surface area contributed by atoms with Crippen LogP contribution in [0.1, 0.15) is 4.88 Å². The van der Waals surface area contributed by atoms with Crippen LogP contribution in [0.25, 0.3) is 5.69 Å². The van der Waals surface area contributed by atoms with Gasteiger partial charge in [0.1, 0.15) is 12.1 Å². The normalized spacial score (nSPS) is 10.8. The molecule has 0 atom stereocenters. The van der Waals surface area contributed by atoms with Gasteiger partial charge in [0.25, 0.3) is 0 Å². The van der Waals surface area contributed by atoms with Crippen LogP contribution in [0.15, 0.2) is 77.5 Å². The molecule has 0 saturated carbocycles. The van der Waals surface area contributed by atoms with Crippen molar-refractivity contribution in [2.24, 2.45) is 0 Å². The predicted octanol–water partition coefficient (Wildman–Crippen LogP) is 5.32. The van der Waals surface area contributed by atoms with Crippen molar-refractivity contribution < 1.29 is 9.53 Å². The molecule has 2 aromatic carbocycles. The molecule has 0 spiro atoms. The number of carbonyl (C=O) groups is 1.